The smallest absolute Gasteiger partial charge is 0.257 e. The minimum absolute atomic E-state index is 0.0261. The molecule has 2 aromatic rings. The number of carbonyl (C=O) groups is 1. The number of aryl methyl sites for hydroxylation is 2. The molecule has 1 aliphatic heterocycles. The van der Waals surface area contributed by atoms with Gasteiger partial charge in [-0.15, -0.1) is 0 Å². The quantitative estimate of drug-likeness (QED) is 0.864. The molecule has 6 nitrogen and oxygen atoms in total. The SMILES string of the molecule is Cc1occc1C(=O)N(C)C[C@@H]1CCCN(C)[C@H]1c1cncn1C. The number of amides is 1. The van der Waals surface area contributed by atoms with Crippen LogP contribution in [0.1, 0.15) is 40.7 Å². The Hall–Kier alpha value is -2.08. The molecule has 2 aromatic heterocycles. The van der Waals surface area contributed by atoms with E-state index in [-0.39, 0.29) is 11.9 Å². The highest BCUT2D eigenvalue weighted by molar-refractivity contribution is 5.94. The van der Waals surface area contributed by atoms with Crippen molar-refractivity contribution in [2.24, 2.45) is 13.0 Å². The number of piperidine rings is 1. The Kier molecular flexibility index (Phi) is 4.76. The lowest BCUT2D eigenvalue weighted by atomic mass is 9.87. The van der Waals surface area contributed by atoms with Crippen LogP contribution >= 0.6 is 0 Å². The number of furan rings is 1. The van der Waals surface area contributed by atoms with E-state index in [1.807, 2.05) is 38.4 Å². The molecule has 0 N–H and O–H groups in total. The summed E-state index contributed by atoms with van der Waals surface area (Å²) in [6, 6.07) is 2.03. The Morgan fingerprint density at radius 1 is 1.46 bits per heavy atom. The lowest BCUT2D eigenvalue weighted by Gasteiger charge is -2.40. The summed E-state index contributed by atoms with van der Waals surface area (Å²) in [6.45, 7) is 3.63. The van der Waals surface area contributed by atoms with E-state index < -0.39 is 0 Å². The molecule has 1 fully saturated rings. The third-order valence-corrected chi connectivity index (χ3v) is 5.11. The molecule has 0 saturated carbocycles. The molecule has 3 heterocycles. The second kappa shape index (κ2) is 6.81. The van der Waals surface area contributed by atoms with Crippen molar-refractivity contribution in [3.8, 4) is 0 Å². The Labute approximate surface area is 143 Å². The van der Waals surface area contributed by atoms with Crippen LogP contribution in [0.4, 0.5) is 0 Å². The topological polar surface area (TPSA) is 54.5 Å². The molecule has 1 saturated heterocycles. The Morgan fingerprint density at radius 2 is 2.25 bits per heavy atom. The molecule has 130 valence electrons. The van der Waals surface area contributed by atoms with Crippen LogP contribution in [0.3, 0.4) is 0 Å². The number of aromatic nitrogens is 2. The van der Waals surface area contributed by atoms with E-state index in [2.05, 4.69) is 21.5 Å². The number of rotatable bonds is 4. The molecule has 6 heteroatoms. The third-order valence-electron chi connectivity index (χ3n) is 5.11. The fourth-order valence-electron chi connectivity index (χ4n) is 3.82. The van der Waals surface area contributed by atoms with Crippen LogP contribution in [-0.2, 0) is 7.05 Å². The summed E-state index contributed by atoms with van der Waals surface area (Å²) in [5.74, 6) is 1.09. The molecule has 0 radical (unpaired) electrons. The Bertz CT molecular complexity index is 705. The fourth-order valence-corrected chi connectivity index (χ4v) is 3.82. The van der Waals surface area contributed by atoms with Gasteiger partial charge in [0.2, 0.25) is 0 Å². The van der Waals surface area contributed by atoms with Crippen LogP contribution in [0.5, 0.6) is 0 Å². The average molecular weight is 330 g/mol. The zero-order valence-electron chi connectivity index (χ0n) is 14.9. The van der Waals surface area contributed by atoms with Crippen molar-refractivity contribution in [1.82, 2.24) is 19.4 Å². The van der Waals surface area contributed by atoms with Gasteiger partial charge in [-0.25, -0.2) is 4.98 Å². The van der Waals surface area contributed by atoms with Gasteiger partial charge in [0.1, 0.15) is 5.76 Å². The second-order valence-corrected chi connectivity index (χ2v) is 6.83. The maximum Gasteiger partial charge on any atom is 0.257 e. The van der Waals surface area contributed by atoms with Crippen molar-refractivity contribution in [2.45, 2.75) is 25.8 Å². The first-order chi connectivity index (χ1) is 11.5. The molecule has 24 heavy (non-hydrogen) atoms. The second-order valence-electron chi connectivity index (χ2n) is 6.83. The first kappa shape index (κ1) is 16.8. The maximum absolute atomic E-state index is 12.7. The predicted octanol–water partition coefficient (Wildman–Crippen LogP) is 2.48. The maximum atomic E-state index is 12.7. The average Bonchev–Trinajstić information content (AvgIpc) is 3.15. The van der Waals surface area contributed by atoms with Gasteiger partial charge in [0.05, 0.1) is 29.9 Å². The summed E-state index contributed by atoms with van der Waals surface area (Å²) < 4.78 is 7.36. The number of carbonyl (C=O) groups excluding carboxylic acids is 1. The standard InChI is InChI=1S/C18H26N4O2/c1-13-15(7-9-24-13)18(23)21(3)11-14-6-5-8-20(2)17(14)16-10-19-12-22(16)4/h7,9-10,12,14,17H,5-6,8,11H2,1-4H3/t14-,17+/m0/s1. The van der Waals surface area contributed by atoms with E-state index >= 15 is 0 Å². The van der Waals surface area contributed by atoms with Gasteiger partial charge < -0.3 is 13.9 Å². The van der Waals surface area contributed by atoms with Gasteiger partial charge in [-0.3, -0.25) is 9.69 Å². The lowest BCUT2D eigenvalue weighted by molar-refractivity contribution is 0.0631. The molecule has 0 aliphatic carbocycles. The monoisotopic (exact) mass is 330 g/mol. The highest BCUT2D eigenvalue weighted by atomic mass is 16.3. The number of nitrogens with zero attached hydrogens (tertiary/aromatic N) is 4. The molecular formula is C18H26N4O2. The summed E-state index contributed by atoms with van der Waals surface area (Å²) in [7, 11) is 6.07. The van der Waals surface area contributed by atoms with Gasteiger partial charge in [0.15, 0.2) is 0 Å². The molecular weight excluding hydrogens is 304 g/mol. The third kappa shape index (κ3) is 3.11. The summed E-state index contributed by atoms with van der Waals surface area (Å²) in [4.78, 5) is 21.2. The number of hydrogen-bond acceptors (Lipinski definition) is 4. The molecule has 3 rings (SSSR count). The van der Waals surface area contributed by atoms with Crippen molar-refractivity contribution in [2.75, 3.05) is 27.2 Å². The van der Waals surface area contributed by atoms with E-state index in [0.29, 0.717) is 17.2 Å². The van der Waals surface area contributed by atoms with Gasteiger partial charge in [-0.05, 0) is 45.3 Å². The molecule has 2 atom stereocenters. The molecule has 0 unspecified atom stereocenters. The van der Waals surface area contributed by atoms with Gasteiger partial charge in [0, 0.05) is 26.8 Å². The van der Waals surface area contributed by atoms with Crippen LogP contribution in [0.2, 0.25) is 0 Å². The minimum atomic E-state index is 0.0261. The highest BCUT2D eigenvalue weighted by Gasteiger charge is 2.34. The Morgan fingerprint density at radius 3 is 2.88 bits per heavy atom. The van der Waals surface area contributed by atoms with Crippen molar-refractivity contribution in [3.05, 3.63) is 41.9 Å². The van der Waals surface area contributed by atoms with Crippen LogP contribution in [-0.4, -0.2) is 52.4 Å². The molecule has 1 amide bonds. The summed E-state index contributed by atoms with van der Waals surface area (Å²) in [5.41, 5.74) is 1.86. The Balaban J connectivity index is 1.78. The van der Waals surface area contributed by atoms with E-state index in [0.717, 1.165) is 25.9 Å². The van der Waals surface area contributed by atoms with Crippen LogP contribution in [0.25, 0.3) is 0 Å². The first-order valence-corrected chi connectivity index (χ1v) is 8.45. The van der Waals surface area contributed by atoms with Crippen molar-refractivity contribution >= 4 is 5.91 Å². The van der Waals surface area contributed by atoms with Crippen LogP contribution < -0.4 is 0 Å². The lowest BCUT2D eigenvalue weighted by Crippen LogP contribution is -2.43. The summed E-state index contributed by atoms with van der Waals surface area (Å²) in [6.07, 6.45) is 7.63. The van der Waals surface area contributed by atoms with Crippen molar-refractivity contribution in [3.63, 3.8) is 0 Å². The van der Waals surface area contributed by atoms with Crippen LogP contribution in [0.15, 0.2) is 29.3 Å². The van der Waals surface area contributed by atoms with E-state index in [4.69, 9.17) is 4.42 Å². The summed E-state index contributed by atoms with van der Waals surface area (Å²) in [5, 5.41) is 0. The molecule has 0 bridgehead atoms. The van der Waals surface area contributed by atoms with Gasteiger partial charge in [0.25, 0.3) is 5.91 Å². The normalized spacial score (nSPS) is 21.8. The number of likely N-dealkylation sites (tertiary alicyclic amines) is 1. The first-order valence-electron chi connectivity index (χ1n) is 8.45. The molecule has 1 aliphatic rings. The van der Waals surface area contributed by atoms with E-state index in [1.54, 1.807) is 12.3 Å². The van der Waals surface area contributed by atoms with E-state index in [9.17, 15) is 4.79 Å². The summed E-state index contributed by atoms with van der Waals surface area (Å²) >= 11 is 0. The fraction of sp³-hybridized carbons (Fsp3) is 0.556. The zero-order valence-corrected chi connectivity index (χ0v) is 14.9. The molecule has 0 aromatic carbocycles. The van der Waals surface area contributed by atoms with E-state index in [1.165, 1.54) is 5.69 Å². The van der Waals surface area contributed by atoms with Gasteiger partial charge in [-0.1, -0.05) is 0 Å². The number of imidazole rings is 1. The predicted molar refractivity (Wildman–Crippen MR) is 91.7 cm³/mol. The molecule has 0 spiro atoms. The number of hydrogen-bond donors (Lipinski definition) is 0. The highest BCUT2D eigenvalue weighted by Crippen LogP contribution is 2.35. The van der Waals surface area contributed by atoms with Crippen molar-refractivity contribution in [1.29, 1.82) is 0 Å². The van der Waals surface area contributed by atoms with Gasteiger partial charge in [-0.2, -0.15) is 0 Å². The zero-order chi connectivity index (χ0) is 17.3. The largest absolute Gasteiger partial charge is 0.469 e. The van der Waals surface area contributed by atoms with Crippen molar-refractivity contribution < 1.29 is 9.21 Å². The minimum Gasteiger partial charge on any atom is -0.469 e. The van der Waals surface area contributed by atoms with Crippen LogP contribution in [0, 0.1) is 12.8 Å². The van der Waals surface area contributed by atoms with Gasteiger partial charge >= 0.3 is 0 Å².